The van der Waals surface area contributed by atoms with Crippen LogP contribution in [0.3, 0.4) is 0 Å². The van der Waals surface area contributed by atoms with Gasteiger partial charge in [-0.1, -0.05) is 6.92 Å². The first-order chi connectivity index (χ1) is 19.0. The van der Waals surface area contributed by atoms with Crippen LogP contribution in [0.15, 0.2) is 21.7 Å². The van der Waals surface area contributed by atoms with Crippen LogP contribution in [-0.4, -0.2) is 48.7 Å². The molecule has 0 saturated heterocycles. The number of rotatable bonds is 10. The molecule has 2 aromatic rings. The molecule has 0 spiro atoms. The quantitative estimate of drug-likeness (QED) is 0.108. The van der Waals surface area contributed by atoms with Crippen molar-refractivity contribution in [1.82, 2.24) is 0 Å². The molecule has 0 aromatic carbocycles. The van der Waals surface area contributed by atoms with Crippen LogP contribution in [0.4, 0.5) is 10.0 Å². The average Bonchev–Trinajstić information content (AvgIpc) is 3.40. The number of nitrogens with one attached hydrogen (secondary N) is 1. The van der Waals surface area contributed by atoms with Crippen LogP contribution in [0.5, 0.6) is 0 Å². The maximum Gasteiger partial charge on any atom is 0.348 e. The fourth-order valence-electron chi connectivity index (χ4n) is 4.20. The Kier molecular flexibility index (Phi) is 10.6. The molecule has 3 rings (SSSR count). The Hall–Kier alpha value is -3.58. The highest BCUT2D eigenvalue weighted by molar-refractivity contribution is 7.18. The average molecular weight is 592 g/mol. The van der Waals surface area contributed by atoms with Crippen LogP contribution >= 0.6 is 22.7 Å². The van der Waals surface area contributed by atoms with Gasteiger partial charge in [-0.15, -0.1) is 32.9 Å². The molecule has 0 saturated carbocycles. The molecule has 0 unspecified atom stereocenters. The van der Waals surface area contributed by atoms with Crippen LogP contribution in [0.2, 0.25) is 0 Å². The first kappa shape index (κ1) is 31.0. The van der Waals surface area contributed by atoms with E-state index < -0.39 is 35.3 Å². The summed E-state index contributed by atoms with van der Waals surface area (Å²) >= 11 is 2.15. The lowest BCUT2D eigenvalue weighted by atomic mass is 9.88. The number of amides is 1. The third-order valence-corrected chi connectivity index (χ3v) is 8.41. The smallest absolute Gasteiger partial charge is 0.348 e. The van der Waals surface area contributed by atoms with Crippen molar-refractivity contribution in [2.45, 2.75) is 60.8 Å². The van der Waals surface area contributed by atoms with Gasteiger partial charge in [-0.05, 0) is 70.9 Å². The normalized spacial score (nSPS) is 15.3. The lowest BCUT2D eigenvalue weighted by Gasteiger charge is -2.18. The molecule has 1 aliphatic carbocycles. The second-order valence-electron chi connectivity index (χ2n) is 9.04. The number of azo groups is 1. The summed E-state index contributed by atoms with van der Waals surface area (Å²) in [5, 5.41) is 21.3. The number of ether oxygens (including phenoxy) is 3. The summed E-state index contributed by atoms with van der Waals surface area (Å²) in [6.45, 7) is 10.4. The second kappa shape index (κ2) is 13.7. The molecule has 2 heterocycles. The van der Waals surface area contributed by atoms with Gasteiger partial charge in [0.25, 0.3) is 5.91 Å². The zero-order valence-electron chi connectivity index (χ0n) is 23.3. The van der Waals surface area contributed by atoms with E-state index in [0.717, 1.165) is 34.6 Å². The van der Waals surface area contributed by atoms with Crippen molar-refractivity contribution in [3.05, 3.63) is 43.5 Å². The SMILES string of the molecule is CCOC(=O)c1sc(N=N/C(C(=O)Nc2sc3c(c2C(=O)OCC)CC[C@H](C)C3)=C(\C)O)c(C(=O)OCC)c1C. The van der Waals surface area contributed by atoms with E-state index in [0.29, 0.717) is 28.5 Å². The minimum absolute atomic E-state index is 0.0124. The largest absolute Gasteiger partial charge is 0.510 e. The van der Waals surface area contributed by atoms with Gasteiger partial charge >= 0.3 is 17.9 Å². The van der Waals surface area contributed by atoms with Crippen molar-refractivity contribution >= 4 is 56.5 Å². The van der Waals surface area contributed by atoms with Gasteiger partial charge in [-0.2, -0.15) is 0 Å². The molecule has 0 aliphatic heterocycles. The summed E-state index contributed by atoms with van der Waals surface area (Å²) in [6, 6.07) is 0. The Morgan fingerprint density at radius 3 is 2.17 bits per heavy atom. The van der Waals surface area contributed by atoms with Gasteiger partial charge in [0.2, 0.25) is 0 Å². The molecular formula is C27H33N3O8S2. The molecule has 0 radical (unpaired) electrons. The first-order valence-corrected chi connectivity index (χ1v) is 14.6. The van der Waals surface area contributed by atoms with Gasteiger partial charge in [0.15, 0.2) is 10.7 Å². The summed E-state index contributed by atoms with van der Waals surface area (Å²) in [4.78, 5) is 52.3. The lowest BCUT2D eigenvalue weighted by molar-refractivity contribution is -0.113. The van der Waals surface area contributed by atoms with E-state index in [1.165, 1.54) is 18.3 Å². The number of aliphatic hydroxyl groups excluding tert-OH is 1. The molecule has 13 heteroatoms. The highest BCUT2D eigenvalue weighted by Gasteiger charge is 2.30. The molecule has 1 amide bonds. The number of thiophene rings is 2. The second-order valence-corrected chi connectivity index (χ2v) is 11.1. The molecule has 40 heavy (non-hydrogen) atoms. The topological polar surface area (TPSA) is 153 Å². The van der Waals surface area contributed by atoms with Gasteiger partial charge in [0, 0.05) is 4.88 Å². The molecule has 2 N–H and O–H groups in total. The van der Waals surface area contributed by atoms with Crippen LogP contribution < -0.4 is 5.32 Å². The van der Waals surface area contributed by atoms with E-state index in [4.69, 9.17) is 14.2 Å². The van der Waals surface area contributed by atoms with Crippen LogP contribution in [-0.2, 0) is 31.8 Å². The van der Waals surface area contributed by atoms with E-state index >= 15 is 0 Å². The number of esters is 3. The van der Waals surface area contributed by atoms with E-state index in [9.17, 15) is 24.3 Å². The Morgan fingerprint density at radius 1 is 0.975 bits per heavy atom. The number of nitrogens with zero attached hydrogens (tertiary/aromatic N) is 2. The summed E-state index contributed by atoms with van der Waals surface area (Å²) in [5.74, 6) is -2.68. The molecule has 1 atom stereocenters. The van der Waals surface area contributed by atoms with Gasteiger partial charge in [-0.3, -0.25) is 4.79 Å². The van der Waals surface area contributed by atoms with Crippen molar-refractivity contribution < 1.29 is 38.5 Å². The highest BCUT2D eigenvalue weighted by atomic mass is 32.1. The Morgan fingerprint density at radius 2 is 1.57 bits per heavy atom. The standard InChI is InChI=1S/C27H33N3O8S2/c1-7-36-25(33)18-14(5)21(27(35)38-9-3)40-24(18)30-29-20(15(6)31)22(32)28-23-19(26(34)37-8-2)16-11-10-13(4)12-17(16)39-23/h13,31H,7-12H2,1-6H3,(H,28,32)/b20-15+,30-29?/t13-/m0/s1. The zero-order chi connectivity index (χ0) is 29.6. The van der Waals surface area contributed by atoms with Crippen LogP contribution in [0.1, 0.15) is 87.4 Å². The summed E-state index contributed by atoms with van der Waals surface area (Å²) < 4.78 is 15.4. The van der Waals surface area contributed by atoms with Crippen molar-refractivity contribution in [3.63, 3.8) is 0 Å². The molecule has 11 nitrogen and oxygen atoms in total. The zero-order valence-corrected chi connectivity index (χ0v) is 25.0. The summed E-state index contributed by atoms with van der Waals surface area (Å²) in [6.07, 6.45) is 2.38. The Bertz CT molecular complexity index is 1370. The number of fused-ring (bicyclic) bond motifs is 1. The molecule has 216 valence electrons. The van der Waals surface area contributed by atoms with Crippen molar-refractivity contribution in [1.29, 1.82) is 0 Å². The van der Waals surface area contributed by atoms with E-state index in [-0.39, 0.29) is 35.3 Å². The van der Waals surface area contributed by atoms with E-state index in [2.05, 4.69) is 22.5 Å². The third kappa shape index (κ3) is 6.76. The number of anilines is 1. The highest BCUT2D eigenvalue weighted by Crippen LogP contribution is 2.41. The molecule has 0 fully saturated rings. The number of allylic oxidation sites excluding steroid dienone is 1. The monoisotopic (exact) mass is 591 g/mol. The fraction of sp³-hybridized carbons (Fsp3) is 0.481. The van der Waals surface area contributed by atoms with Crippen molar-refractivity contribution in [2.75, 3.05) is 25.1 Å². The van der Waals surface area contributed by atoms with Crippen LogP contribution in [0.25, 0.3) is 0 Å². The van der Waals surface area contributed by atoms with E-state index in [1.807, 2.05) is 0 Å². The predicted molar refractivity (Wildman–Crippen MR) is 151 cm³/mol. The van der Waals surface area contributed by atoms with Gasteiger partial charge in [-0.25, -0.2) is 14.4 Å². The number of carbonyl (C=O) groups is 4. The fourth-order valence-corrected chi connectivity index (χ4v) is 6.61. The molecule has 2 aromatic heterocycles. The molecular weight excluding hydrogens is 558 g/mol. The minimum atomic E-state index is -0.808. The Labute approximate surface area is 240 Å². The number of aliphatic hydroxyl groups is 1. The van der Waals surface area contributed by atoms with Gasteiger partial charge in [0.05, 0.1) is 25.4 Å². The Balaban J connectivity index is 1.98. The van der Waals surface area contributed by atoms with Crippen molar-refractivity contribution in [3.8, 4) is 0 Å². The van der Waals surface area contributed by atoms with Gasteiger partial charge in [0.1, 0.15) is 21.2 Å². The molecule has 0 bridgehead atoms. The van der Waals surface area contributed by atoms with E-state index in [1.54, 1.807) is 27.7 Å². The number of hydrogen-bond donors (Lipinski definition) is 2. The first-order valence-electron chi connectivity index (χ1n) is 13.0. The summed E-state index contributed by atoms with van der Waals surface area (Å²) in [5.41, 5.74) is 1.06. The maximum atomic E-state index is 13.3. The lowest BCUT2D eigenvalue weighted by Crippen LogP contribution is -2.18. The van der Waals surface area contributed by atoms with Crippen LogP contribution in [0, 0.1) is 12.8 Å². The molecule has 1 aliphatic rings. The third-order valence-electron chi connectivity index (χ3n) is 6.09. The number of hydrogen-bond acceptors (Lipinski definition) is 12. The summed E-state index contributed by atoms with van der Waals surface area (Å²) in [7, 11) is 0. The predicted octanol–water partition coefficient (Wildman–Crippen LogP) is 6.28. The van der Waals surface area contributed by atoms with Gasteiger partial charge < -0.3 is 24.6 Å². The number of carbonyl (C=O) groups excluding carboxylic acids is 4. The minimum Gasteiger partial charge on any atom is -0.510 e. The van der Waals surface area contributed by atoms with Crippen molar-refractivity contribution in [2.24, 2.45) is 16.1 Å². The maximum absolute atomic E-state index is 13.3.